The minimum Gasteiger partial charge on any atom is -0.497 e. The number of nitrogens with one attached hydrogen (secondary N) is 1. The minimum absolute atomic E-state index is 0.404. The van der Waals surface area contributed by atoms with Gasteiger partial charge in [0.25, 0.3) is 0 Å². The van der Waals surface area contributed by atoms with Crippen molar-refractivity contribution in [3.63, 3.8) is 0 Å². The molecule has 0 aromatic heterocycles. The summed E-state index contributed by atoms with van der Waals surface area (Å²) in [5.74, 6) is 1.71. The first-order valence-electron chi connectivity index (χ1n) is 6.58. The summed E-state index contributed by atoms with van der Waals surface area (Å²) in [6, 6.07) is 8.70. The van der Waals surface area contributed by atoms with Gasteiger partial charge in [-0.05, 0) is 37.1 Å². The highest BCUT2D eigenvalue weighted by molar-refractivity contribution is 5.28. The van der Waals surface area contributed by atoms with Crippen molar-refractivity contribution in [2.24, 2.45) is 5.92 Å². The minimum atomic E-state index is 0.404. The Morgan fingerprint density at radius 3 is 2.18 bits per heavy atom. The molecule has 0 fully saturated rings. The lowest BCUT2D eigenvalue weighted by Gasteiger charge is -2.19. The molecule has 17 heavy (non-hydrogen) atoms. The van der Waals surface area contributed by atoms with E-state index in [0.717, 1.165) is 18.2 Å². The van der Waals surface area contributed by atoms with Gasteiger partial charge in [0, 0.05) is 6.04 Å². The standard InChI is InChI=1S/C15H25NO/c1-5-13(6-2)11-16-12(3)14-7-9-15(17-4)10-8-14/h7-10,12-13,16H,5-6,11H2,1-4H3/t12-/m1/s1. The zero-order valence-electron chi connectivity index (χ0n) is 11.5. The molecule has 0 bridgehead atoms. The van der Waals surface area contributed by atoms with Gasteiger partial charge in [-0.25, -0.2) is 0 Å². The van der Waals surface area contributed by atoms with E-state index in [4.69, 9.17) is 4.74 Å². The molecule has 0 aliphatic carbocycles. The smallest absolute Gasteiger partial charge is 0.118 e. The Labute approximate surface area is 105 Å². The summed E-state index contributed by atoms with van der Waals surface area (Å²) in [5, 5.41) is 3.60. The molecular weight excluding hydrogens is 210 g/mol. The van der Waals surface area contributed by atoms with Gasteiger partial charge in [-0.2, -0.15) is 0 Å². The van der Waals surface area contributed by atoms with Gasteiger partial charge >= 0.3 is 0 Å². The van der Waals surface area contributed by atoms with Crippen molar-refractivity contribution in [3.8, 4) is 5.75 Å². The molecule has 96 valence electrons. The number of methoxy groups -OCH3 is 1. The van der Waals surface area contributed by atoms with Crippen molar-refractivity contribution in [3.05, 3.63) is 29.8 Å². The van der Waals surface area contributed by atoms with Crippen LogP contribution >= 0.6 is 0 Å². The molecule has 1 rings (SSSR count). The van der Waals surface area contributed by atoms with Crippen molar-refractivity contribution in [1.29, 1.82) is 0 Å². The van der Waals surface area contributed by atoms with Gasteiger partial charge < -0.3 is 10.1 Å². The lowest BCUT2D eigenvalue weighted by molar-refractivity contribution is 0.412. The van der Waals surface area contributed by atoms with E-state index in [1.54, 1.807) is 7.11 Å². The van der Waals surface area contributed by atoms with Gasteiger partial charge in [-0.15, -0.1) is 0 Å². The second-order valence-corrected chi connectivity index (χ2v) is 4.59. The third-order valence-electron chi connectivity index (χ3n) is 3.48. The molecule has 1 N–H and O–H groups in total. The highest BCUT2D eigenvalue weighted by Crippen LogP contribution is 2.18. The highest BCUT2D eigenvalue weighted by atomic mass is 16.5. The molecule has 0 unspecified atom stereocenters. The topological polar surface area (TPSA) is 21.3 Å². The van der Waals surface area contributed by atoms with Crippen LogP contribution in [-0.4, -0.2) is 13.7 Å². The summed E-state index contributed by atoms with van der Waals surface area (Å²) < 4.78 is 5.16. The fraction of sp³-hybridized carbons (Fsp3) is 0.600. The summed E-state index contributed by atoms with van der Waals surface area (Å²) in [6.45, 7) is 7.83. The molecule has 1 aromatic carbocycles. The van der Waals surface area contributed by atoms with E-state index in [1.165, 1.54) is 18.4 Å². The Hall–Kier alpha value is -1.02. The zero-order valence-corrected chi connectivity index (χ0v) is 11.5. The van der Waals surface area contributed by atoms with Crippen LogP contribution in [0.2, 0.25) is 0 Å². The quantitative estimate of drug-likeness (QED) is 0.776. The molecule has 0 radical (unpaired) electrons. The number of hydrogen-bond donors (Lipinski definition) is 1. The third-order valence-corrected chi connectivity index (χ3v) is 3.48. The number of hydrogen-bond acceptors (Lipinski definition) is 2. The fourth-order valence-electron chi connectivity index (χ4n) is 1.93. The first kappa shape index (κ1) is 14.0. The molecule has 0 aliphatic heterocycles. The average Bonchev–Trinajstić information content (AvgIpc) is 2.39. The number of rotatable bonds is 7. The van der Waals surface area contributed by atoms with E-state index in [2.05, 4.69) is 38.2 Å². The van der Waals surface area contributed by atoms with Gasteiger partial charge in [0.15, 0.2) is 0 Å². The van der Waals surface area contributed by atoms with Crippen molar-refractivity contribution in [2.45, 2.75) is 39.7 Å². The van der Waals surface area contributed by atoms with Gasteiger partial charge in [-0.1, -0.05) is 38.8 Å². The second kappa shape index (κ2) is 7.33. The molecule has 0 heterocycles. The first-order chi connectivity index (χ1) is 8.21. The molecular formula is C15H25NO. The van der Waals surface area contributed by atoms with Crippen LogP contribution in [0.5, 0.6) is 5.75 Å². The number of ether oxygens (including phenoxy) is 1. The van der Waals surface area contributed by atoms with E-state index >= 15 is 0 Å². The maximum absolute atomic E-state index is 5.16. The molecule has 0 saturated heterocycles. The van der Waals surface area contributed by atoms with Gasteiger partial charge in [0.05, 0.1) is 7.11 Å². The third kappa shape index (κ3) is 4.39. The lowest BCUT2D eigenvalue weighted by atomic mass is 10.0. The van der Waals surface area contributed by atoms with Crippen molar-refractivity contribution in [2.75, 3.05) is 13.7 Å². The van der Waals surface area contributed by atoms with Gasteiger partial charge in [0.2, 0.25) is 0 Å². The largest absolute Gasteiger partial charge is 0.497 e. The molecule has 1 atom stereocenters. The predicted molar refractivity (Wildman–Crippen MR) is 73.5 cm³/mol. The van der Waals surface area contributed by atoms with Crippen molar-refractivity contribution < 1.29 is 4.74 Å². The van der Waals surface area contributed by atoms with Crippen LogP contribution < -0.4 is 10.1 Å². The fourth-order valence-corrected chi connectivity index (χ4v) is 1.93. The van der Waals surface area contributed by atoms with Crippen molar-refractivity contribution >= 4 is 0 Å². The number of benzene rings is 1. The zero-order chi connectivity index (χ0) is 12.7. The predicted octanol–water partition coefficient (Wildman–Crippen LogP) is 3.78. The highest BCUT2D eigenvalue weighted by Gasteiger charge is 2.08. The molecule has 2 nitrogen and oxygen atoms in total. The SMILES string of the molecule is CCC(CC)CN[C@H](C)c1ccc(OC)cc1. The Morgan fingerprint density at radius 1 is 1.12 bits per heavy atom. The Kier molecular flexibility index (Phi) is 6.06. The Morgan fingerprint density at radius 2 is 1.71 bits per heavy atom. The summed E-state index contributed by atoms with van der Waals surface area (Å²) in [5.41, 5.74) is 1.32. The summed E-state index contributed by atoms with van der Waals surface area (Å²) in [7, 11) is 1.70. The molecule has 2 heteroatoms. The van der Waals surface area contributed by atoms with E-state index in [9.17, 15) is 0 Å². The van der Waals surface area contributed by atoms with Crippen LogP contribution in [0.25, 0.3) is 0 Å². The summed E-state index contributed by atoms with van der Waals surface area (Å²) >= 11 is 0. The van der Waals surface area contributed by atoms with Crippen LogP contribution in [0.1, 0.15) is 45.2 Å². The van der Waals surface area contributed by atoms with Gasteiger partial charge in [-0.3, -0.25) is 0 Å². The normalized spacial score (nSPS) is 12.8. The lowest BCUT2D eigenvalue weighted by Crippen LogP contribution is -2.25. The van der Waals surface area contributed by atoms with Crippen LogP contribution in [0.15, 0.2) is 24.3 Å². The van der Waals surface area contributed by atoms with E-state index < -0.39 is 0 Å². The summed E-state index contributed by atoms with van der Waals surface area (Å²) in [4.78, 5) is 0. The average molecular weight is 235 g/mol. The van der Waals surface area contributed by atoms with Crippen LogP contribution in [0, 0.1) is 5.92 Å². The van der Waals surface area contributed by atoms with Crippen LogP contribution in [0.4, 0.5) is 0 Å². The van der Waals surface area contributed by atoms with E-state index in [-0.39, 0.29) is 0 Å². The van der Waals surface area contributed by atoms with E-state index in [1.807, 2.05) is 12.1 Å². The Bertz CT molecular complexity index is 303. The molecule has 0 aliphatic rings. The molecule has 1 aromatic rings. The van der Waals surface area contributed by atoms with Crippen LogP contribution in [0.3, 0.4) is 0 Å². The maximum Gasteiger partial charge on any atom is 0.118 e. The van der Waals surface area contributed by atoms with Gasteiger partial charge in [0.1, 0.15) is 5.75 Å². The summed E-state index contributed by atoms with van der Waals surface area (Å²) in [6.07, 6.45) is 2.50. The van der Waals surface area contributed by atoms with E-state index in [0.29, 0.717) is 6.04 Å². The Balaban J connectivity index is 2.48. The molecule has 0 saturated carbocycles. The van der Waals surface area contributed by atoms with Crippen LogP contribution in [-0.2, 0) is 0 Å². The first-order valence-corrected chi connectivity index (χ1v) is 6.58. The molecule has 0 spiro atoms. The maximum atomic E-state index is 5.16. The monoisotopic (exact) mass is 235 g/mol. The molecule has 0 amide bonds. The second-order valence-electron chi connectivity index (χ2n) is 4.59. The van der Waals surface area contributed by atoms with Crippen molar-refractivity contribution in [1.82, 2.24) is 5.32 Å².